The van der Waals surface area contributed by atoms with Gasteiger partial charge in [0.25, 0.3) is 0 Å². The van der Waals surface area contributed by atoms with E-state index in [9.17, 15) is 0 Å². The van der Waals surface area contributed by atoms with Crippen LogP contribution in [0, 0.1) is 0 Å². The molecule has 0 atom stereocenters. The van der Waals surface area contributed by atoms with Crippen molar-refractivity contribution >= 4 is 43.7 Å². The van der Waals surface area contributed by atoms with Crippen molar-refractivity contribution in [1.29, 1.82) is 0 Å². The van der Waals surface area contributed by atoms with Gasteiger partial charge in [0, 0.05) is 49.5 Å². The second-order valence-electron chi connectivity index (χ2n) is 12.5. The number of aromatic nitrogens is 3. The largest absolute Gasteiger partial charge is 0.455 e. The van der Waals surface area contributed by atoms with Gasteiger partial charge in [-0.1, -0.05) is 140 Å². The smallest absolute Gasteiger partial charge is 0.160 e. The standard InChI is InChI=1S/C46H29N3O/c1-4-15-30(16-5-1)39-29-40(48-46(47-39)31-17-6-2-7-18-31)37-26-13-25-36-35-24-12-23-34(44(35)50-45(36)37)33-22-14-28-42-43(33)38-21-10-11-27-41(38)49(42)32-19-8-3-9-20-32/h1-29H. The van der Waals surface area contributed by atoms with E-state index in [1.165, 1.54) is 16.3 Å². The summed E-state index contributed by atoms with van der Waals surface area (Å²) < 4.78 is 9.36. The zero-order valence-electron chi connectivity index (χ0n) is 27.0. The Labute approximate surface area is 288 Å². The van der Waals surface area contributed by atoms with Gasteiger partial charge in [0.1, 0.15) is 11.2 Å². The molecule has 0 radical (unpaired) electrons. The Bertz CT molecular complexity index is 2800. The van der Waals surface area contributed by atoms with Crippen LogP contribution in [0.4, 0.5) is 0 Å². The lowest BCUT2D eigenvalue weighted by atomic mass is 9.97. The fourth-order valence-corrected chi connectivity index (χ4v) is 7.39. The first kappa shape index (κ1) is 28.3. The summed E-state index contributed by atoms with van der Waals surface area (Å²) in [5.74, 6) is 0.678. The number of para-hydroxylation sites is 4. The third-order valence-corrected chi connectivity index (χ3v) is 9.63. The van der Waals surface area contributed by atoms with E-state index in [2.05, 4.69) is 144 Å². The highest BCUT2D eigenvalue weighted by molar-refractivity contribution is 6.20. The first-order chi connectivity index (χ1) is 24.8. The summed E-state index contributed by atoms with van der Waals surface area (Å²) >= 11 is 0. The lowest BCUT2D eigenvalue weighted by Gasteiger charge is -2.09. The van der Waals surface area contributed by atoms with Crippen LogP contribution in [0.5, 0.6) is 0 Å². The van der Waals surface area contributed by atoms with Crippen LogP contribution >= 0.6 is 0 Å². The highest BCUT2D eigenvalue weighted by Gasteiger charge is 2.21. The zero-order valence-corrected chi connectivity index (χ0v) is 27.0. The molecule has 3 aromatic heterocycles. The van der Waals surface area contributed by atoms with Gasteiger partial charge in [-0.25, -0.2) is 9.97 Å². The van der Waals surface area contributed by atoms with Gasteiger partial charge in [-0.15, -0.1) is 0 Å². The summed E-state index contributed by atoms with van der Waals surface area (Å²) in [6.45, 7) is 0. The van der Waals surface area contributed by atoms with Crippen LogP contribution in [0.25, 0.3) is 94.5 Å². The maximum Gasteiger partial charge on any atom is 0.160 e. The quantitative estimate of drug-likeness (QED) is 0.188. The molecule has 50 heavy (non-hydrogen) atoms. The number of benzene rings is 7. The van der Waals surface area contributed by atoms with E-state index in [0.29, 0.717) is 5.82 Å². The molecule has 0 bridgehead atoms. The van der Waals surface area contributed by atoms with Crippen molar-refractivity contribution in [3.05, 3.63) is 176 Å². The monoisotopic (exact) mass is 639 g/mol. The molecule has 0 unspecified atom stereocenters. The van der Waals surface area contributed by atoms with Crippen LogP contribution in [0.1, 0.15) is 0 Å². The van der Waals surface area contributed by atoms with Crippen molar-refractivity contribution in [3.63, 3.8) is 0 Å². The van der Waals surface area contributed by atoms with E-state index in [1.807, 2.05) is 36.4 Å². The Kier molecular flexibility index (Phi) is 6.46. The molecule has 10 aromatic rings. The van der Waals surface area contributed by atoms with E-state index >= 15 is 0 Å². The molecule has 0 saturated heterocycles. The molecule has 234 valence electrons. The maximum atomic E-state index is 7.00. The number of fused-ring (bicyclic) bond motifs is 6. The van der Waals surface area contributed by atoms with Gasteiger partial charge in [-0.3, -0.25) is 0 Å². The zero-order chi connectivity index (χ0) is 33.0. The van der Waals surface area contributed by atoms with E-state index in [1.54, 1.807) is 0 Å². The van der Waals surface area contributed by atoms with E-state index in [4.69, 9.17) is 14.4 Å². The molecule has 0 aliphatic heterocycles. The summed E-state index contributed by atoms with van der Waals surface area (Å²) in [4.78, 5) is 10.1. The summed E-state index contributed by atoms with van der Waals surface area (Å²) in [6, 6.07) is 61.2. The summed E-state index contributed by atoms with van der Waals surface area (Å²) in [5.41, 5.74) is 12.0. The van der Waals surface area contributed by atoms with Gasteiger partial charge < -0.3 is 8.98 Å². The van der Waals surface area contributed by atoms with Gasteiger partial charge in [-0.05, 0) is 42.0 Å². The number of nitrogens with zero attached hydrogens (tertiary/aromatic N) is 3. The predicted molar refractivity (Wildman–Crippen MR) is 205 cm³/mol. The van der Waals surface area contributed by atoms with E-state index in [-0.39, 0.29) is 0 Å². The third-order valence-electron chi connectivity index (χ3n) is 9.63. The Balaban J connectivity index is 1.22. The molecular weight excluding hydrogens is 611 g/mol. The molecule has 0 amide bonds. The van der Waals surface area contributed by atoms with Crippen LogP contribution in [-0.2, 0) is 0 Å². The predicted octanol–water partition coefficient (Wildman–Crippen LogP) is 12.1. The van der Waals surface area contributed by atoms with Crippen LogP contribution in [-0.4, -0.2) is 14.5 Å². The number of furan rings is 1. The van der Waals surface area contributed by atoms with Crippen LogP contribution < -0.4 is 0 Å². The summed E-state index contributed by atoms with van der Waals surface area (Å²) in [6.07, 6.45) is 0. The second kappa shape index (κ2) is 11.4. The minimum Gasteiger partial charge on any atom is -0.455 e. The van der Waals surface area contributed by atoms with Gasteiger partial charge in [0.2, 0.25) is 0 Å². The molecule has 0 aliphatic carbocycles. The minimum atomic E-state index is 0.678. The summed E-state index contributed by atoms with van der Waals surface area (Å²) in [5, 5.41) is 4.54. The van der Waals surface area contributed by atoms with Gasteiger partial charge in [0.15, 0.2) is 5.82 Å². The van der Waals surface area contributed by atoms with E-state index < -0.39 is 0 Å². The molecule has 4 nitrogen and oxygen atoms in total. The lowest BCUT2D eigenvalue weighted by molar-refractivity contribution is 0.671. The Morgan fingerprint density at radius 1 is 0.400 bits per heavy atom. The summed E-state index contributed by atoms with van der Waals surface area (Å²) in [7, 11) is 0. The Morgan fingerprint density at radius 2 is 0.940 bits per heavy atom. The van der Waals surface area contributed by atoms with Gasteiger partial charge >= 0.3 is 0 Å². The molecular formula is C46H29N3O. The number of hydrogen-bond donors (Lipinski definition) is 0. The molecule has 3 heterocycles. The van der Waals surface area contributed by atoms with Crippen molar-refractivity contribution in [3.8, 4) is 50.7 Å². The molecule has 0 spiro atoms. The van der Waals surface area contributed by atoms with Crippen molar-refractivity contribution in [2.75, 3.05) is 0 Å². The van der Waals surface area contributed by atoms with Crippen LogP contribution in [0.2, 0.25) is 0 Å². The molecule has 7 aromatic carbocycles. The molecule has 0 N–H and O–H groups in total. The highest BCUT2D eigenvalue weighted by Crippen LogP contribution is 2.44. The molecule has 4 heteroatoms. The number of rotatable bonds is 5. The highest BCUT2D eigenvalue weighted by atomic mass is 16.3. The van der Waals surface area contributed by atoms with Crippen molar-refractivity contribution in [2.45, 2.75) is 0 Å². The van der Waals surface area contributed by atoms with Crippen LogP contribution in [0.3, 0.4) is 0 Å². The van der Waals surface area contributed by atoms with Crippen molar-refractivity contribution in [1.82, 2.24) is 14.5 Å². The molecule has 10 rings (SSSR count). The lowest BCUT2D eigenvalue weighted by Crippen LogP contribution is -1.96. The van der Waals surface area contributed by atoms with E-state index in [0.717, 1.165) is 72.3 Å². The first-order valence-corrected chi connectivity index (χ1v) is 16.8. The topological polar surface area (TPSA) is 43.9 Å². The average molecular weight is 640 g/mol. The fraction of sp³-hybridized carbons (Fsp3) is 0. The molecule has 0 saturated carbocycles. The SMILES string of the molecule is c1ccc(-c2cc(-c3cccc4c3oc3c(-c5cccc6c5c5ccccc5n6-c5ccccc5)cccc34)nc(-c3ccccc3)n2)cc1. The molecule has 0 aliphatic rings. The van der Waals surface area contributed by atoms with Gasteiger partial charge in [-0.2, -0.15) is 0 Å². The Morgan fingerprint density at radius 3 is 1.70 bits per heavy atom. The minimum absolute atomic E-state index is 0.678. The normalized spacial score (nSPS) is 11.6. The van der Waals surface area contributed by atoms with Crippen molar-refractivity contribution in [2.24, 2.45) is 0 Å². The Hall–Kier alpha value is -6.78. The molecule has 0 fully saturated rings. The first-order valence-electron chi connectivity index (χ1n) is 16.8. The third kappa shape index (κ3) is 4.46. The number of hydrogen-bond acceptors (Lipinski definition) is 3. The fourth-order valence-electron chi connectivity index (χ4n) is 7.39. The average Bonchev–Trinajstić information content (AvgIpc) is 3.75. The van der Waals surface area contributed by atoms with Crippen molar-refractivity contribution < 1.29 is 4.42 Å². The van der Waals surface area contributed by atoms with Gasteiger partial charge in [0.05, 0.1) is 22.4 Å². The van der Waals surface area contributed by atoms with Crippen LogP contribution in [0.15, 0.2) is 180 Å². The maximum absolute atomic E-state index is 7.00. The second-order valence-corrected chi connectivity index (χ2v) is 12.5.